The van der Waals surface area contributed by atoms with Crippen LogP contribution in [0.25, 0.3) is 0 Å². The summed E-state index contributed by atoms with van der Waals surface area (Å²) in [6, 6.07) is 7.18. The van der Waals surface area contributed by atoms with Gasteiger partial charge in [-0.2, -0.15) is 0 Å². The molecule has 8 nitrogen and oxygen atoms in total. The SMILES string of the molecule is CC(=O)O[C@@H]1[C@@H](Oc2ccc(C)cc2)OC[C@H](OC(C)=O)[C@@H]1OC(C)=O. The fourth-order valence-corrected chi connectivity index (χ4v) is 2.56. The van der Waals surface area contributed by atoms with Gasteiger partial charge in [-0.15, -0.1) is 0 Å². The molecule has 26 heavy (non-hydrogen) atoms. The zero-order valence-corrected chi connectivity index (χ0v) is 15.1. The van der Waals surface area contributed by atoms with Crippen molar-refractivity contribution in [2.75, 3.05) is 6.61 Å². The van der Waals surface area contributed by atoms with Crippen LogP contribution in [0.1, 0.15) is 26.3 Å². The molecule has 2 rings (SSSR count). The summed E-state index contributed by atoms with van der Waals surface area (Å²) in [6.45, 7) is 5.50. The Bertz CT molecular complexity index is 654. The second-order valence-electron chi connectivity index (χ2n) is 5.93. The first-order valence-corrected chi connectivity index (χ1v) is 8.13. The van der Waals surface area contributed by atoms with E-state index in [4.69, 9.17) is 23.7 Å². The molecule has 0 aromatic heterocycles. The Morgan fingerprint density at radius 2 is 1.42 bits per heavy atom. The van der Waals surface area contributed by atoms with Gasteiger partial charge in [-0.05, 0) is 19.1 Å². The second-order valence-corrected chi connectivity index (χ2v) is 5.93. The molecule has 4 atom stereocenters. The van der Waals surface area contributed by atoms with Gasteiger partial charge in [-0.1, -0.05) is 17.7 Å². The number of esters is 3. The molecule has 1 aromatic rings. The molecule has 142 valence electrons. The summed E-state index contributed by atoms with van der Waals surface area (Å²) in [4.78, 5) is 34.3. The molecule has 1 fully saturated rings. The molecule has 1 aliphatic rings. The van der Waals surface area contributed by atoms with Gasteiger partial charge in [-0.3, -0.25) is 14.4 Å². The van der Waals surface area contributed by atoms with Crippen LogP contribution in [-0.2, 0) is 33.3 Å². The summed E-state index contributed by atoms with van der Waals surface area (Å²) in [5, 5.41) is 0. The third-order valence-electron chi connectivity index (χ3n) is 3.58. The van der Waals surface area contributed by atoms with E-state index < -0.39 is 42.5 Å². The molecule has 0 saturated carbocycles. The fourth-order valence-electron chi connectivity index (χ4n) is 2.56. The number of carbonyl (C=O) groups is 3. The lowest BCUT2D eigenvalue weighted by Gasteiger charge is -2.40. The quantitative estimate of drug-likeness (QED) is 0.572. The number of ether oxygens (including phenoxy) is 5. The molecule has 0 unspecified atom stereocenters. The first-order chi connectivity index (χ1) is 12.3. The van der Waals surface area contributed by atoms with Crippen LogP contribution in [-0.4, -0.2) is 49.1 Å². The number of benzene rings is 1. The van der Waals surface area contributed by atoms with Crippen LogP contribution in [0.3, 0.4) is 0 Å². The Hall–Kier alpha value is -2.61. The molecule has 0 aliphatic carbocycles. The number of hydrogen-bond acceptors (Lipinski definition) is 8. The smallest absolute Gasteiger partial charge is 0.303 e. The Morgan fingerprint density at radius 3 is 1.96 bits per heavy atom. The van der Waals surface area contributed by atoms with Gasteiger partial charge in [0.15, 0.2) is 12.2 Å². The van der Waals surface area contributed by atoms with Gasteiger partial charge >= 0.3 is 17.9 Å². The van der Waals surface area contributed by atoms with Crippen molar-refractivity contribution in [1.82, 2.24) is 0 Å². The molecule has 0 radical (unpaired) electrons. The molecule has 0 spiro atoms. The summed E-state index contributed by atoms with van der Waals surface area (Å²) < 4.78 is 27.0. The lowest BCUT2D eigenvalue weighted by Crippen LogP contribution is -2.59. The largest absolute Gasteiger partial charge is 0.461 e. The zero-order valence-electron chi connectivity index (χ0n) is 15.1. The lowest BCUT2D eigenvalue weighted by molar-refractivity contribution is -0.259. The molecular formula is C18H22O8. The van der Waals surface area contributed by atoms with Crippen molar-refractivity contribution in [3.63, 3.8) is 0 Å². The van der Waals surface area contributed by atoms with Crippen molar-refractivity contribution in [3.05, 3.63) is 29.8 Å². The highest BCUT2D eigenvalue weighted by molar-refractivity contribution is 5.68. The molecule has 8 heteroatoms. The van der Waals surface area contributed by atoms with Crippen molar-refractivity contribution in [1.29, 1.82) is 0 Å². The Balaban J connectivity index is 2.25. The van der Waals surface area contributed by atoms with E-state index in [0.717, 1.165) is 5.56 Å². The molecule has 1 aromatic carbocycles. The molecule has 0 bridgehead atoms. The predicted molar refractivity (Wildman–Crippen MR) is 88.2 cm³/mol. The van der Waals surface area contributed by atoms with E-state index in [9.17, 15) is 14.4 Å². The zero-order chi connectivity index (χ0) is 19.3. The normalized spacial score (nSPS) is 25.1. The van der Waals surface area contributed by atoms with Crippen molar-refractivity contribution >= 4 is 17.9 Å². The maximum absolute atomic E-state index is 11.5. The maximum atomic E-state index is 11.5. The van der Waals surface area contributed by atoms with Gasteiger partial charge < -0.3 is 23.7 Å². The Labute approximate surface area is 151 Å². The average molecular weight is 366 g/mol. The van der Waals surface area contributed by atoms with Crippen LogP contribution in [0.15, 0.2) is 24.3 Å². The highest BCUT2D eigenvalue weighted by Crippen LogP contribution is 2.27. The summed E-state index contributed by atoms with van der Waals surface area (Å²) >= 11 is 0. The summed E-state index contributed by atoms with van der Waals surface area (Å²) in [5.74, 6) is -1.31. The van der Waals surface area contributed by atoms with Gasteiger partial charge in [0, 0.05) is 20.8 Å². The summed E-state index contributed by atoms with van der Waals surface area (Å²) in [6.07, 6.45) is -4.10. The van der Waals surface area contributed by atoms with Crippen LogP contribution < -0.4 is 4.74 Å². The van der Waals surface area contributed by atoms with E-state index in [1.54, 1.807) is 12.1 Å². The molecular weight excluding hydrogens is 344 g/mol. The van der Waals surface area contributed by atoms with Gasteiger partial charge in [0.25, 0.3) is 0 Å². The molecule has 0 N–H and O–H groups in total. The molecule has 1 heterocycles. The number of rotatable bonds is 5. The lowest BCUT2D eigenvalue weighted by atomic mass is 10.0. The van der Waals surface area contributed by atoms with Crippen LogP contribution >= 0.6 is 0 Å². The minimum absolute atomic E-state index is 0.0776. The summed E-state index contributed by atoms with van der Waals surface area (Å²) in [7, 11) is 0. The van der Waals surface area contributed by atoms with Crippen LogP contribution in [0.4, 0.5) is 0 Å². The van der Waals surface area contributed by atoms with Crippen molar-refractivity contribution in [2.45, 2.75) is 52.3 Å². The standard InChI is InChI=1S/C18H22O8/c1-10-5-7-14(8-6-10)26-18-17(25-13(4)21)16(24-12(3)20)15(9-22-18)23-11(2)19/h5-8,15-18H,9H2,1-4H3/t15-,16-,17-,18+/m0/s1. The first-order valence-electron chi connectivity index (χ1n) is 8.13. The van der Waals surface area contributed by atoms with Gasteiger partial charge in [0.2, 0.25) is 12.4 Å². The highest BCUT2D eigenvalue weighted by Gasteiger charge is 2.48. The summed E-state index contributed by atoms with van der Waals surface area (Å²) in [5.41, 5.74) is 1.05. The van der Waals surface area contributed by atoms with E-state index >= 15 is 0 Å². The van der Waals surface area contributed by atoms with E-state index in [0.29, 0.717) is 5.75 Å². The van der Waals surface area contributed by atoms with Gasteiger partial charge in [-0.25, -0.2) is 0 Å². The topological polar surface area (TPSA) is 97.4 Å². The van der Waals surface area contributed by atoms with Gasteiger partial charge in [0.1, 0.15) is 5.75 Å². The van der Waals surface area contributed by atoms with Crippen molar-refractivity contribution < 1.29 is 38.1 Å². The van der Waals surface area contributed by atoms with E-state index in [1.807, 2.05) is 19.1 Å². The van der Waals surface area contributed by atoms with Crippen molar-refractivity contribution in [3.8, 4) is 5.75 Å². The highest BCUT2D eigenvalue weighted by atomic mass is 16.7. The third-order valence-corrected chi connectivity index (χ3v) is 3.58. The van der Waals surface area contributed by atoms with Crippen LogP contribution in [0.2, 0.25) is 0 Å². The fraction of sp³-hybridized carbons (Fsp3) is 0.500. The minimum atomic E-state index is -1.10. The monoisotopic (exact) mass is 366 g/mol. The number of carbonyl (C=O) groups excluding carboxylic acids is 3. The van der Waals surface area contributed by atoms with E-state index in [-0.39, 0.29) is 6.61 Å². The van der Waals surface area contributed by atoms with Crippen LogP contribution in [0.5, 0.6) is 5.75 Å². The van der Waals surface area contributed by atoms with E-state index in [2.05, 4.69) is 0 Å². The Morgan fingerprint density at radius 1 is 0.885 bits per heavy atom. The van der Waals surface area contributed by atoms with Gasteiger partial charge in [0.05, 0.1) is 6.61 Å². The molecule has 1 saturated heterocycles. The van der Waals surface area contributed by atoms with Crippen LogP contribution in [0, 0.1) is 6.92 Å². The van der Waals surface area contributed by atoms with E-state index in [1.165, 1.54) is 20.8 Å². The first kappa shape index (κ1) is 19.7. The molecule has 0 amide bonds. The third kappa shape index (κ3) is 5.45. The number of aryl methyl sites for hydroxylation is 1. The van der Waals surface area contributed by atoms with Crippen molar-refractivity contribution in [2.24, 2.45) is 0 Å². The Kier molecular flexibility index (Phi) is 6.57. The second kappa shape index (κ2) is 8.66. The molecule has 1 aliphatic heterocycles. The predicted octanol–water partition coefficient (Wildman–Crippen LogP) is 1.53. The number of hydrogen-bond donors (Lipinski definition) is 0. The minimum Gasteiger partial charge on any atom is -0.461 e. The maximum Gasteiger partial charge on any atom is 0.303 e. The average Bonchev–Trinajstić information content (AvgIpc) is 2.53.